The van der Waals surface area contributed by atoms with Crippen molar-refractivity contribution in [1.82, 2.24) is 10.6 Å². The van der Waals surface area contributed by atoms with Gasteiger partial charge in [0, 0.05) is 44.7 Å². The van der Waals surface area contributed by atoms with Crippen LogP contribution in [0.25, 0.3) is 21.9 Å². The van der Waals surface area contributed by atoms with Gasteiger partial charge in [0.1, 0.15) is 11.2 Å². The van der Waals surface area contributed by atoms with E-state index in [0.29, 0.717) is 53.5 Å². The summed E-state index contributed by atoms with van der Waals surface area (Å²) in [5.74, 6) is -0.370. The number of fused-ring (bicyclic) bond motifs is 2. The van der Waals surface area contributed by atoms with Crippen molar-refractivity contribution in [3.63, 3.8) is 0 Å². The molecule has 0 radical (unpaired) electrons. The van der Waals surface area contributed by atoms with E-state index < -0.39 is 0 Å². The molecule has 0 spiro atoms. The van der Waals surface area contributed by atoms with E-state index in [9.17, 15) is 19.2 Å². The Bertz CT molecular complexity index is 1170. The molecule has 9 heteroatoms. The Kier molecular flexibility index (Phi) is 7.93. The number of carbonyl (C=O) groups excluding carboxylic acids is 3. The van der Waals surface area contributed by atoms with Gasteiger partial charge in [-0.1, -0.05) is 12.1 Å². The molecule has 1 heterocycles. The van der Waals surface area contributed by atoms with Crippen molar-refractivity contribution in [1.29, 1.82) is 0 Å². The molecule has 0 aliphatic rings. The van der Waals surface area contributed by atoms with Gasteiger partial charge in [0.25, 0.3) is 0 Å². The second-order valence-corrected chi connectivity index (χ2v) is 7.25. The molecule has 168 valence electrons. The topological polar surface area (TPSA) is 135 Å². The molecule has 2 aromatic carbocycles. The van der Waals surface area contributed by atoms with Crippen LogP contribution in [0.2, 0.25) is 0 Å². The lowest BCUT2D eigenvalue weighted by Gasteiger charge is -2.18. The summed E-state index contributed by atoms with van der Waals surface area (Å²) in [6.07, 6.45) is 1.62. The second kappa shape index (κ2) is 11.1. The van der Waals surface area contributed by atoms with Gasteiger partial charge >= 0.3 is 0 Å². The number of nitrogens with zero attached hydrogens (tertiary/aromatic N) is 1. The summed E-state index contributed by atoms with van der Waals surface area (Å²) < 4.78 is 5.79. The van der Waals surface area contributed by atoms with Crippen LogP contribution in [-0.2, 0) is 14.4 Å². The van der Waals surface area contributed by atoms with Gasteiger partial charge < -0.3 is 25.7 Å². The minimum Gasteiger partial charge on any atom is -0.456 e. The van der Waals surface area contributed by atoms with Crippen molar-refractivity contribution in [3.05, 3.63) is 52.7 Å². The number of nitrogens with one attached hydrogen (secondary N) is 2. The molecule has 0 fully saturated rings. The van der Waals surface area contributed by atoms with Crippen molar-refractivity contribution >= 4 is 45.9 Å². The first-order valence-electron chi connectivity index (χ1n) is 10.4. The molecule has 4 N–H and O–H groups in total. The number of amides is 3. The number of para-hydroxylation sites is 1. The fraction of sp³-hybridized carbons (Fsp3) is 0.304. The summed E-state index contributed by atoms with van der Waals surface area (Å²) >= 11 is 0. The highest BCUT2D eigenvalue weighted by molar-refractivity contribution is 5.92. The van der Waals surface area contributed by atoms with Gasteiger partial charge in [-0.3, -0.25) is 19.2 Å². The molecule has 0 unspecified atom stereocenters. The van der Waals surface area contributed by atoms with E-state index in [1.54, 1.807) is 42.5 Å². The minimum atomic E-state index is -0.189. The summed E-state index contributed by atoms with van der Waals surface area (Å²) in [6, 6.07) is 12.1. The number of carbonyl (C=O) groups is 3. The molecule has 0 bridgehead atoms. The number of hydrogen-bond donors (Lipinski definition) is 3. The molecule has 1 aromatic heterocycles. The van der Waals surface area contributed by atoms with Gasteiger partial charge in [-0.2, -0.15) is 0 Å². The smallest absolute Gasteiger partial charge is 0.221 e. The van der Waals surface area contributed by atoms with Gasteiger partial charge in [0.2, 0.25) is 23.7 Å². The first kappa shape index (κ1) is 23.0. The van der Waals surface area contributed by atoms with Crippen molar-refractivity contribution in [3.8, 4) is 0 Å². The molecular weight excluding hydrogens is 412 g/mol. The molecule has 9 nitrogen and oxygen atoms in total. The zero-order valence-electron chi connectivity index (χ0n) is 17.6. The highest BCUT2D eigenvalue weighted by Crippen LogP contribution is 2.23. The Hall–Kier alpha value is -3.72. The van der Waals surface area contributed by atoms with Crippen LogP contribution in [0.4, 0.5) is 5.69 Å². The molecule has 3 aromatic rings. The number of hydrogen-bond acceptors (Lipinski definition) is 6. The maximum Gasteiger partial charge on any atom is 0.221 e. The third kappa shape index (κ3) is 5.70. The maximum absolute atomic E-state index is 12.8. The number of anilines is 1. The fourth-order valence-electron chi connectivity index (χ4n) is 3.31. The molecule has 3 rings (SSSR count). The molecule has 0 atom stereocenters. The van der Waals surface area contributed by atoms with Crippen molar-refractivity contribution in [2.45, 2.75) is 19.3 Å². The Balaban J connectivity index is 1.55. The minimum absolute atomic E-state index is 0.152. The van der Waals surface area contributed by atoms with E-state index >= 15 is 0 Å². The van der Waals surface area contributed by atoms with Crippen LogP contribution >= 0.6 is 0 Å². The summed E-state index contributed by atoms with van der Waals surface area (Å²) in [7, 11) is 0. The summed E-state index contributed by atoms with van der Waals surface area (Å²) in [4.78, 5) is 49.0. The third-order valence-electron chi connectivity index (χ3n) is 4.96. The van der Waals surface area contributed by atoms with Crippen LogP contribution in [0.1, 0.15) is 19.3 Å². The van der Waals surface area contributed by atoms with Crippen LogP contribution < -0.4 is 26.7 Å². The normalized spacial score (nSPS) is 10.8. The molecule has 3 amide bonds. The number of nitrogens with two attached hydrogens (primary N) is 1. The van der Waals surface area contributed by atoms with Crippen LogP contribution in [0.5, 0.6) is 0 Å². The van der Waals surface area contributed by atoms with E-state index in [-0.39, 0.29) is 43.2 Å². The first-order valence-corrected chi connectivity index (χ1v) is 10.4. The predicted octanol–water partition coefficient (Wildman–Crippen LogP) is 1.27. The molecule has 0 saturated carbocycles. The lowest BCUT2D eigenvalue weighted by molar-refractivity contribution is -0.122. The molecule has 0 aliphatic carbocycles. The highest BCUT2D eigenvalue weighted by atomic mass is 16.3. The van der Waals surface area contributed by atoms with E-state index in [1.807, 2.05) is 0 Å². The molecular formula is C23H26N4O5. The standard InChI is InChI=1S/C23H26N4O5/c24-10-8-21(29)26-12-9-22(30)25-11-3-13-27(15-28)16-6-7-20-18(14-16)23(31)17-4-1-2-5-19(17)32-20/h1-2,4-7,14-15H,3,8-13,24H2,(H,25,30)(H,26,29). The lowest BCUT2D eigenvalue weighted by Crippen LogP contribution is -2.33. The van der Waals surface area contributed by atoms with E-state index in [1.165, 1.54) is 4.90 Å². The van der Waals surface area contributed by atoms with Gasteiger partial charge in [0.05, 0.1) is 10.8 Å². The molecule has 32 heavy (non-hydrogen) atoms. The number of rotatable bonds is 11. The fourth-order valence-corrected chi connectivity index (χ4v) is 3.31. The predicted molar refractivity (Wildman–Crippen MR) is 122 cm³/mol. The second-order valence-electron chi connectivity index (χ2n) is 7.25. The van der Waals surface area contributed by atoms with Gasteiger partial charge in [0.15, 0.2) is 0 Å². The van der Waals surface area contributed by atoms with Crippen LogP contribution in [0.3, 0.4) is 0 Å². The largest absolute Gasteiger partial charge is 0.456 e. The lowest BCUT2D eigenvalue weighted by atomic mass is 10.1. The monoisotopic (exact) mass is 438 g/mol. The summed E-state index contributed by atoms with van der Waals surface area (Å²) in [6.45, 7) is 1.26. The quantitative estimate of drug-likeness (QED) is 0.234. The SMILES string of the molecule is NCCC(=O)NCCC(=O)NCCCN(C=O)c1ccc2oc3ccccc3c(=O)c2c1. The van der Waals surface area contributed by atoms with Crippen LogP contribution in [0, 0.1) is 0 Å². The van der Waals surface area contributed by atoms with E-state index in [0.717, 1.165) is 0 Å². The van der Waals surface area contributed by atoms with Gasteiger partial charge in [-0.15, -0.1) is 0 Å². The number of benzene rings is 2. The van der Waals surface area contributed by atoms with Crippen LogP contribution in [0.15, 0.2) is 51.7 Å². The zero-order chi connectivity index (χ0) is 22.9. The molecule has 0 saturated heterocycles. The Labute approximate surface area is 184 Å². The van der Waals surface area contributed by atoms with Gasteiger partial charge in [-0.05, 0) is 36.8 Å². The Morgan fingerprint density at radius 2 is 1.69 bits per heavy atom. The highest BCUT2D eigenvalue weighted by Gasteiger charge is 2.11. The Morgan fingerprint density at radius 1 is 0.969 bits per heavy atom. The summed E-state index contributed by atoms with van der Waals surface area (Å²) in [5, 5.41) is 6.26. The van der Waals surface area contributed by atoms with Gasteiger partial charge in [-0.25, -0.2) is 0 Å². The maximum atomic E-state index is 12.8. The van der Waals surface area contributed by atoms with Crippen molar-refractivity contribution in [2.24, 2.45) is 5.73 Å². The third-order valence-corrected chi connectivity index (χ3v) is 4.96. The molecule has 0 aliphatic heterocycles. The zero-order valence-corrected chi connectivity index (χ0v) is 17.6. The average Bonchev–Trinajstić information content (AvgIpc) is 2.79. The summed E-state index contributed by atoms with van der Waals surface area (Å²) in [5.41, 5.74) is 6.67. The van der Waals surface area contributed by atoms with E-state index in [2.05, 4.69) is 10.6 Å². The van der Waals surface area contributed by atoms with Crippen molar-refractivity contribution in [2.75, 3.05) is 31.1 Å². The Morgan fingerprint density at radius 3 is 2.47 bits per heavy atom. The van der Waals surface area contributed by atoms with Crippen molar-refractivity contribution < 1.29 is 18.8 Å². The van der Waals surface area contributed by atoms with Crippen LogP contribution in [-0.4, -0.2) is 44.4 Å². The first-order chi connectivity index (χ1) is 15.5. The van der Waals surface area contributed by atoms with E-state index in [4.69, 9.17) is 10.2 Å². The average molecular weight is 438 g/mol.